The molecule has 0 unspecified atom stereocenters. The van der Waals surface area contributed by atoms with Gasteiger partial charge in [0.05, 0.1) is 16.6 Å². The van der Waals surface area contributed by atoms with Crippen molar-refractivity contribution >= 4 is 58.1 Å². The monoisotopic (exact) mass is 509 g/mol. The van der Waals surface area contributed by atoms with E-state index in [0.717, 1.165) is 5.56 Å². The first-order valence-electron chi connectivity index (χ1n) is 9.33. The molecule has 0 aliphatic rings. The Labute approximate surface area is 203 Å². The van der Waals surface area contributed by atoms with Gasteiger partial charge in [0.25, 0.3) is 5.91 Å². The number of halogens is 4. The predicted octanol–water partition coefficient (Wildman–Crippen LogP) is 6.97. The van der Waals surface area contributed by atoms with Crippen LogP contribution < -0.4 is 10.1 Å². The van der Waals surface area contributed by atoms with Crippen LogP contribution in [0.25, 0.3) is 0 Å². The molecule has 2 heterocycles. The summed E-state index contributed by atoms with van der Waals surface area (Å²) in [6.45, 7) is 0.508. The summed E-state index contributed by atoms with van der Waals surface area (Å²) in [4.78, 5) is 12.5. The van der Waals surface area contributed by atoms with E-state index < -0.39 is 5.91 Å². The van der Waals surface area contributed by atoms with Gasteiger partial charge in [0.15, 0.2) is 17.3 Å². The minimum atomic E-state index is -0.443. The maximum Gasteiger partial charge on any atom is 0.292 e. The molecule has 2 aromatic carbocycles. The first-order valence-corrected chi connectivity index (χ1v) is 10.8. The molecule has 0 spiro atoms. The van der Waals surface area contributed by atoms with Crippen molar-refractivity contribution in [2.24, 2.45) is 0 Å². The predicted molar refractivity (Wildman–Crippen MR) is 125 cm³/mol. The summed E-state index contributed by atoms with van der Waals surface area (Å²) in [5.41, 5.74) is 0.923. The highest BCUT2D eigenvalue weighted by Crippen LogP contribution is 2.36. The van der Waals surface area contributed by atoms with Crippen molar-refractivity contribution in [2.45, 2.75) is 13.2 Å². The molecular weight excluding hydrogens is 496 g/mol. The van der Waals surface area contributed by atoms with E-state index in [1.807, 2.05) is 24.3 Å². The van der Waals surface area contributed by atoms with Gasteiger partial charge in [-0.25, -0.2) is 0 Å². The van der Waals surface area contributed by atoms with Crippen LogP contribution in [0.4, 0.5) is 5.82 Å². The molecule has 1 amide bonds. The molecule has 0 radical (unpaired) electrons. The van der Waals surface area contributed by atoms with Crippen LogP contribution in [0.2, 0.25) is 20.1 Å². The molecule has 0 saturated carbocycles. The average molecular weight is 511 g/mol. The largest absolute Gasteiger partial charge is 0.483 e. The van der Waals surface area contributed by atoms with Crippen molar-refractivity contribution in [2.75, 3.05) is 5.32 Å². The number of nitrogens with one attached hydrogen (secondary N) is 1. The number of amides is 1. The Balaban J connectivity index is 1.36. The van der Waals surface area contributed by atoms with Crippen molar-refractivity contribution < 1.29 is 13.9 Å². The number of hydrogen-bond donors (Lipinski definition) is 1. The van der Waals surface area contributed by atoms with E-state index in [-0.39, 0.29) is 28.2 Å². The van der Waals surface area contributed by atoms with Gasteiger partial charge in [-0.05, 0) is 35.9 Å². The summed E-state index contributed by atoms with van der Waals surface area (Å²) >= 11 is 24.3. The zero-order valence-corrected chi connectivity index (χ0v) is 19.3. The third kappa shape index (κ3) is 5.40. The zero-order chi connectivity index (χ0) is 22.7. The van der Waals surface area contributed by atoms with Gasteiger partial charge in [-0.1, -0.05) is 64.6 Å². The van der Waals surface area contributed by atoms with Crippen LogP contribution in [0.15, 0.2) is 65.2 Å². The number of rotatable bonds is 7. The highest BCUT2D eigenvalue weighted by Gasteiger charge is 2.15. The van der Waals surface area contributed by atoms with Gasteiger partial charge >= 0.3 is 0 Å². The number of nitrogens with zero attached hydrogens (tertiary/aromatic N) is 2. The van der Waals surface area contributed by atoms with Gasteiger partial charge in [-0.2, -0.15) is 5.10 Å². The van der Waals surface area contributed by atoms with Crippen molar-refractivity contribution in [1.82, 2.24) is 9.78 Å². The first kappa shape index (κ1) is 22.6. The molecule has 6 nitrogen and oxygen atoms in total. The molecule has 32 heavy (non-hydrogen) atoms. The van der Waals surface area contributed by atoms with E-state index >= 15 is 0 Å². The van der Waals surface area contributed by atoms with Gasteiger partial charge in [-0.15, -0.1) is 0 Å². The fourth-order valence-corrected chi connectivity index (χ4v) is 4.00. The smallest absolute Gasteiger partial charge is 0.292 e. The molecule has 10 heteroatoms. The van der Waals surface area contributed by atoms with Crippen molar-refractivity contribution in [1.29, 1.82) is 0 Å². The highest BCUT2D eigenvalue weighted by atomic mass is 35.5. The number of ether oxygens (including phenoxy) is 1. The number of furan rings is 1. The summed E-state index contributed by atoms with van der Waals surface area (Å²) in [7, 11) is 0. The maximum atomic E-state index is 12.5. The molecule has 0 aliphatic heterocycles. The van der Waals surface area contributed by atoms with Crippen LogP contribution in [0, 0.1) is 0 Å². The molecule has 0 fully saturated rings. The molecule has 0 bridgehead atoms. The molecule has 0 atom stereocenters. The lowest BCUT2D eigenvalue weighted by atomic mass is 10.2. The van der Waals surface area contributed by atoms with Gasteiger partial charge in [0.1, 0.15) is 12.4 Å². The van der Waals surface area contributed by atoms with Crippen LogP contribution in [-0.2, 0) is 13.2 Å². The van der Waals surface area contributed by atoms with E-state index in [2.05, 4.69) is 10.4 Å². The fourth-order valence-electron chi connectivity index (χ4n) is 2.88. The quantitative estimate of drug-likeness (QED) is 0.291. The zero-order valence-electron chi connectivity index (χ0n) is 16.3. The van der Waals surface area contributed by atoms with Crippen LogP contribution in [0.3, 0.4) is 0 Å². The Morgan fingerprint density at radius 3 is 2.50 bits per heavy atom. The van der Waals surface area contributed by atoms with Crippen LogP contribution in [-0.4, -0.2) is 15.7 Å². The fraction of sp³-hybridized carbons (Fsp3) is 0.0909. The minimum Gasteiger partial charge on any atom is -0.483 e. The first-order chi connectivity index (χ1) is 15.4. The Morgan fingerprint density at radius 1 is 1.00 bits per heavy atom. The second-order valence-corrected chi connectivity index (χ2v) is 8.36. The molecule has 1 N–H and O–H groups in total. The number of anilines is 1. The second-order valence-electron chi connectivity index (χ2n) is 6.70. The van der Waals surface area contributed by atoms with Crippen LogP contribution >= 0.6 is 46.4 Å². The van der Waals surface area contributed by atoms with Gasteiger partial charge < -0.3 is 14.5 Å². The normalized spacial score (nSPS) is 10.9. The van der Waals surface area contributed by atoms with Gasteiger partial charge in [-0.3, -0.25) is 9.48 Å². The van der Waals surface area contributed by atoms with E-state index in [1.54, 1.807) is 29.1 Å². The molecular formula is C22H15Cl4N3O3. The van der Waals surface area contributed by atoms with Crippen LogP contribution in [0.1, 0.15) is 21.9 Å². The summed E-state index contributed by atoms with van der Waals surface area (Å²) < 4.78 is 12.9. The van der Waals surface area contributed by atoms with E-state index in [4.69, 9.17) is 55.6 Å². The number of benzene rings is 2. The molecule has 0 saturated heterocycles. The highest BCUT2D eigenvalue weighted by molar-refractivity contribution is 6.40. The van der Waals surface area contributed by atoms with Crippen molar-refractivity contribution in [3.8, 4) is 5.75 Å². The minimum absolute atomic E-state index is 0.0286. The summed E-state index contributed by atoms with van der Waals surface area (Å²) in [6, 6.07) is 15.4. The van der Waals surface area contributed by atoms with E-state index in [1.165, 1.54) is 12.1 Å². The van der Waals surface area contributed by atoms with Gasteiger partial charge in [0, 0.05) is 22.3 Å². The summed E-state index contributed by atoms with van der Waals surface area (Å²) in [6.07, 6.45) is 1.75. The lowest BCUT2D eigenvalue weighted by Crippen LogP contribution is -2.12. The van der Waals surface area contributed by atoms with Gasteiger partial charge in [0.2, 0.25) is 0 Å². The number of carbonyl (C=O) groups is 1. The topological polar surface area (TPSA) is 69.3 Å². The average Bonchev–Trinajstić information content (AvgIpc) is 3.38. The van der Waals surface area contributed by atoms with E-state index in [9.17, 15) is 4.79 Å². The van der Waals surface area contributed by atoms with Crippen LogP contribution in [0.5, 0.6) is 5.75 Å². The summed E-state index contributed by atoms with van der Waals surface area (Å²) in [5.74, 6) is 0.751. The SMILES string of the molecule is O=C(Nc1ccn(Cc2ccccc2Cl)n1)c1ccc(COc2c(Cl)cc(Cl)cc2Cl)o1. The van der Waals surface area contributed by atoms with Crippen molar-refractivity contribution in [3.63, 3.8) is 0 Å². The third-order valence-electron chi connectivity index (χ3n) is 4.38. The maximum absolute atomic E-state index is 12.5. The molecule has 0 aliphatic carbocycles. The Kier molecular flexibility index (Phi) is 6.96. The molecule has 4 aromatic rings. The molecule has 4 rings (SSSR count). The van der Waals surface area contributed by atoms with E-state index in [0.29, 0.717) is 28.2 Å². The standard InChI is InChI=1S/C22H15Cl4N3O3/c23-14-9-17(25)21(18(26)10-14)31-12-15-5-6-19(32-15)22(30)27-20-7-8-29(28-20)11-13-3-1-2-4-16(13)24/h1-10H,11-12H2,(H,27,28,30). The number of hydrogen-bond acceptors (Lipinski definition) is 4. The second kappa shape index (κ2) is 9.88. The number of aromatic nitrogens is 2. The Bertz CT molecular complexity index is 1250. The molecule has 2 aromatic heterocycles. The van der Waals surface area contributed by atoms with Crippen molar-refractivity contribution in [3.05, 3.63) is 98.0 Å². The lowest BCUT2D eigenvalue weighted by molar-refractivity contribution is 0.0992. The Hall–Kier alpha value is -2.64. The summed E-state index contributed by atoms with van der Waals surface area (Å²) in [5, 5.41) is 8.65. The third-order valence-corrected chi connectivity index (χ3v) is 5.53. The molecule has 164 valence electrons. The lowest BCUT2D eigenvalue weighted by Gasteiger charge is -2.09. The number of carbonyl (C=O) groups excluding carboxylic acids is 1. The Morgan fingerprint density at radius 2 is 1.75 bits per heavy atom.